The minimum Gasteiger partial charge on any atom is -0.376 e. The number of benzene rings is 1. The normalized spacial score (nSPS) is 17.7. The van der Waals surface area contributed by atoms with Gasteiger partial charge in [0.25, 0.3) is 0 Å². The number of aryl methyl sites for hydroxylation is 1. The van der Waals surface area contributed by atoms with Crippen molar-refractivity contribution in [3.63, 3.8) is 0 Å². The summed E-state index contributed by atoms with van der Waals surface area (Å²) in [6.45, 7) is 7.48. The van der Waals surface area contributed by atoms with Crippen LogP contribution in [0.25, 0.3) is 0 Å². The first-order chi connectivity index (χ1) is 10.7. The Labute approximate surface area is 161 Å². The van der Waals surface area contributed by atoms with Gasteiger partial charge in [-0.1, -0.05) is 12.1 Å². The quantitative estimate of drug-likeness (QED) is 0.302. The molecule has 2 N–H and O–H groups in total. The molecule has 1 aromatic rings. The van der Waals surface area contributed by atoms with Crippen LogP contribution in [0.3, 0.4) is 0 Å². The van der Waals surface area contributed by atoms with Crippen molar-refractivity contribution in [2.45, 2.75) is 44.2 Å². The highest BCUT2D eigenvalue weighted by Gasteiger charge is 2.15. The van der Waals surface area contributed by atoms with E-state index in [0.717, 1.165) is 32.1 Å². The Kier molecular flexibility index (Phi) is 9.97. The summed E-state index contributed by atoms with van der Waals surface area (Å²) in [4.78, 5) is 6.01. The standard InChI is InChI=1S/C17H27N3OS.HI/c1-4-18-17(20-12-15-6-5-9-21-15)19-11-14-8-7-13(2)10-16(14)22-3;/h7-8,10,15H,4-6,9,11-12H2,1-3H3,(H2,18,19,20);1H. The van der Waals surface area contributed by atoms with Crippen molar-refractivity contribution in [3.05, 3.63) is 29.3 Å². The number of ether oxygens (including phenoxy) is 1. The van der Waals surface area contributed by atoms with Gasteiger partial charge in [-0.2, -0.15) is 0 Å². The van der Waals surface area contributed by atoms with Crippen LogP contribution in [0.2, 0.25) is 0 Å². The highest BCUT2D eigenvalue weighted by molar-refractivity contribution is 14.0. The summed E-state index contributed by atoms with van der Waals surface area (Å²) in [5.74, 6) is 0.866. The third-order valence-electron chi connectivity index (χ3n) is 3.72. The maximum absolute atomic E-state index is 5.65. The van der Waals surface area contributed by atoms with E-state index in [4.69, 9.17) is 9.73 Å². The van der Waals surface area contributed by atoms with Crippen molar-refractivity contribution in [2.75, 3.05) is 26.0 Å². The van der Waals surface area contributed by atoms with Gasteiger partial charge in [-0.3, -0.25) is 0 Å². The van der Waals surface area contributed by atoms with Gasteiger partial charge in [0, 0.05) is 24.6 Å². The van der Waals surface area contributed by atoms with Crippen molar-refractivity contribution in [3.8, 4) is 0 Å². The minimum atomic E-state index is 0. The molecular formula is C17H28IN3OS. The van der Waals surface area contributed by atoms with Crippen LogP contribution in [0.4, 0.5) is 0 Å². The fourth-order valence-corrected chi connectivity index (χ4v) is 3.20. The van der Waals surface area contributed by atoms with Crippen molar-refractivity contribution >= 4 is 41.7 Å². The van der Waals surface area contributed by atoms with Crippen LogP contribution in [0.5, 0.6) is 0 Å². The van der Waals surface area contributed by atoms with Crippen LogP contribution in [0.15, 0.2) is 28.1 Å². The van der Waals surface area contributed by atoms with E-state index in [1.807, 2.05) is 0 Å². The van der Waals surface area contributed by atoms with Crippen LogP contribution in [0.1, 0.15) is 30.9 Å². The maximum Gasteiger partial charge on any atom is 0.191 e. The van der Waals surface area contributed by atoms with E-state index < -0.39 is 0 Å². The number of thioether (sulfide) groups is 1. The molecular weight excluding hydrogens is 421 g/mol. The van der Waals surface area contributed by atoms with Crippen LogP contribution >= 0.6 is 35.7 Å². The van der Waals surface area contributed by atoms with Crippen molar-refractivity contribution in [1.82, 2.24) is 10.6 Å². The summed E-state index contributed by atoms with van der Waals surface area (Å²) in [6, 6.07) is 6.55. The van der Waals surface area contributed by atoms with Crippen molar-refractivity contribution < 1.29 is 4.74 Å². The van der Waals surface area contributed by atoms with Crippen LogP contribution < -0.4 is 10.6 Å². The lowest BCUT2D eigenvalue weighted by Gasteiger charge is -2.15. The van der Waals surface area contributed by atoms with Crippen LogP contribution in [0, 0.1) is 6.92 Å². The second kappa shape index (κ2) is 11.1. The Morgan fingerprint density at radius 3 is 2.87 bits per heavy atom. The third-order valence-corrected chi connectivity index (χ3v) is 4.54. The molecule has 130 valence electrons. The third kappa shape index (κ3) is 6.89. The SMILES string of the molecule is CCNC(=NCc1ccc(C)cc1SC)NCC1CCCO1.I. The van der Waals surface area contributed by atoms with Crippen LogP contribution in [-0.4, -0.2) is 38.0 Å². The van der Waals surface area contributed by atoms with Gasteiger partial charge >= 0.3 is 0 Å². The van der Waals surface area contributed by atoms with E-state index in [1.54, 1.807) is 11.8 Å². The van der Waals surface area contributed by atoms with E-state index >= 15 is 0 Å². The summed E-state index contributed by atoms with van der Waals surface area (Å²) in [7, 11) is 0. The molecule has 1 unspecified atom stereocenters. The second-order valence-electron chi connectivity index (χ2n) is 5.53. The van der Waals surface area contributed by atoms with Gasteiger partial charge in [-0.15, -0.1) is 35.7 Å². The van der Waals surface area contributed by atoms with Gasteiger partial charge < -0.3 is 15.4 Å². The lowest BCUT2D eigenvalue weighted by Crippen LogP contribution is -2.41. The van der Waals surface area contributed by atoms with Gasteiger partial charge in [0.2, 0.25) is 0 Å². The van der Waals surface area contributed by atoms with E-state index in [-0.39, 0.29) is 24.0 Å². The fourth-order valence-electron chi connectivity index (χ4n) is 2.50. The Morgan fingerprint density at radius 1 is 1.39 bits per heavy atom. The first-order valence-electron chi connectivity index (χ1n) is 8.00. The smallest absolute Gasteiger partial charge is 0.191 e. The predicted molar refractivity (Wildman–Crippen MR) is 110 cm³/mol. The highest BCUT2D eigenvalue weighted by Crippen LogP contribution is 2.22. The summed E-state index contributed by atoms with van der Waals surface area (Å²) in [5.41, 5.74) is 2.56. The van der Waals surface area contributed by atoms with Crippen molar-refractivity contribution in [1.29, 1.82) is 0 Å². The van der Waals surface area contributed by atoms with E-state index in [1.165, 1.54) is 22.4 Å². The zero-order valence-corrected chi connectivity index (χ0v) is 17.4. The summed E-state index contributed by atoms with van der Waals surface area (Å²) < 4.78 is 5.65. The molecule has 0 radical (unpaired) electrons. The molecule has 0 spiro atoms. The topological polar surface area (TPSA) is 45.7 Å². The molecule has 1 atom stereocenters. The monoisotopic (exact) mass is 449 g/mol. The maximum atomic E-state index is 5.65. The molecule has 4 nitrogen and oxygen atoms in total. The average Bonchev–Trinajstić information content (AvgIpc) is 3.04. The van der Waals surface area contributed by atoms with Gasteiger partial charge in [-0.05, 0) is 50.1 Å². The number of hydrogen-bond donors (Lipinski definition) is 2. The fraction of sp³-hybridized carbons (Fsp3) is 0.588. The Hall–Kier alpha value is -0.470. The van der Waals surface area contributed by atoms with E-state index in [9.17, 15) is 0 Å². The lowest BCUT2D eigenvalue weighted by atomic mass is 10.1. The zero-order valence-electron chi connectivity index (χ0n) is 14.2. The number of rotatable bonds is 6. The zero-order chi connectivity index (χ0) is 15.8. The minimum absolute atomic E-state index is 0. The molecule has 0 aliphatic carbocycles. The summed E-state index contributed by atoms with van der Waals surface area (Å²) in [6.07, 6.45) is 4.75. The number of halogens is 1. The molecule has 2 rings (SSSR count). The van der Waals surface area contributed by atoms with Gasteiger partial charge in [-0.25, -0.2) is 4.99 Å². The van der Waals surface area contributed by atoms with E-state index in [2.05, 4.69) is 48.9 Å². The molecule has 0 saturated carbocycles. The van der Waals surface area contributed by atoms with Crippen LogP contribution in [-0.2, 0) is 11.3 Å². The lowest BCUT2D eigenvalue weighted by molar-refractivity contribution is 0.114. The summed E-state index contributed by atoms with van der Waals surface area (Å²) in [5, 5.41) is 6.69. The van der Waals surface area contributed by atoms with Crippen molar-refractivity contribution in [2.24, 2.45) is 4.99 Å². The predicted octanol–water partition coefficient (Wildman–Crippen LogP) is 3.57. The molecule has 1 aromatic carbocycles. The molecule has 0 bridgehead atoms. The molecule has 6 heteroatoms. The number of hydrogen-bond acceptors (Lipinski definition) is 3. The Balaban J connectivity index is 0.00000264. The molecule has 0 aromatic heterocycles. The first kappa shape index (κ1) is 20.6. The number of nitrogens with one attached hydrogen (secondary N) is 2. The molecule has 1 saturated heterocycles. The molecule has 23 heavy (non-hydrogen) atoms. The number of guanidine groups is 1. The molecule has 1 aliphatic heterocycles. The first-order valence-corrected chi connectivity index (χ1v) is 9.22. The van der Waals surface area contributed by atoms with E-state index in [0.29, 0.717) is 12.6 Å². The largest absolute Gasteiger partial charge is 0.376 e. The second-order valence-corrected chi connectivity index (χ2v) is 6.37. The molecule has 0 amide bonds. The average molecular weight is 449 g/mol. The Morgan fingerprint density at radius 2 is 2.22 bits per heavy atom. The number of aliphatic imine (C=N–C) groups is 1. The molecule has 1 fully saturated rings. The summed E-state index contributed by atoms with van der Waals surface area (Å²) >= 11 is 1.78. The molecule has 1 aliphatic rings. The van der Waals surface area contributed by atoms with Gasteiger partial charge in [0.15, 0.2) is 5.96 Å². The van der Waals surface area contributed by atoms with Gasteiger partial charge in [0.1, 0.15) is 0 Å². The van der Waals surface area contributed by atoms with Gasteiger partial charge in [0.05, 0.1) is 12.6 Å². The Bertz CT molecular complexity index is 505. The highest BCUT2D eigenvalue weighted by atomic mass is 127. The number of nitrogens with zero attached hydrogens (tertiary/aromatic N) is 1. The molecule has 1 heterocycles.